The van der Waals surface area contributed by atoms with E-state index in [0.717, 1.165) is 5.56 Å². The van der Waals surface area contributed by atoms with E-state index < -0.39 is 17.6 Å². The number of H-pyrrole nitrogens is 1. The number of benzene rings is 1. The largest absolute Gasteiger partial charge is 0.387 e. The summed E-state index contributed by atoms with van der Waals surface area (Å²) in [6, 6.07) is 7.37. The van der Waals surface area contributed by atoms with Gasteiger partial charge in [-0.05, 0) is 26.3 Å². The predicted octanol–water partition coefficient (Wildman–Crippen LogP) is 1.16. The van der Waals surface area contributed by atoms with Crippen LogP contribution in [0.4, 0.5) is 0 Å². The molecule has 1 heterocycles. The highest BCUT2D eigenvalue weighted by Crippen LogP contribution is 2.12. The molecular formula is C16H19N3O3. The van der Waals surface area contributed by atoms with Crippen molar-refractivity contribution in [2.75, 3.05) is 6.54 Å². The Bertz CT molecular complexity index is 735. The number of aryl methyl sites for hydroxylation is 3. The second-order valence-corrected chi connectivity index (χ2v) is 5.26. The summed E-state index contributed by atoms with van der Waals surface area (Å²) >= 11 is 0. The molecule has 116 valence electrons. The van der Waals surface area contributed by atoms with Gasteiger partial charge < -0.3 is 15.4 Å². The van der Waals surface area contributed by atoms with Crippen molar-refractivity contribution in [3.05, 3.63) is 62.8 Å². The smallest absolute Gasteiger partial charge is 0.279 e. The lowest BCUT2D eigenvalue weighted by atomic mass is 10.1. The third kappa shape index (κ3) is 3.59. The first kappa shape index (κ1) is 15.9. The molecule has 0 bridgehead atoms. The second-order valence-electron chi connectivity index (χ2n) is 5.26. The van der Waals surface area contributed by atoms with Crippen molar-refractivity contribution in [3.63, 3.8) is 0 Å². The van der Waals surface area contributed by atoms with Crippen LogP contribution >= 0.6 is 0 Å². The SMILES string of the molecule is Cc1ccc(C(O)CNC(=O)c2nc(C)c(C)[nH]c2=O)cc1. The van der Waals surface area contributed by atoms with Gasteiger partial charge in [0.15, 0.2) is 5.69 Å². The first-order valence-corrected chi connectivity index (χ1v) is 6.99. The van der Waals surface area contributed by atoms with Crippen molar-refractivity contribution in [2.45, 2.75) is 26.9 Å². The van der Waals surface area contributed by atoms with Crippen LogP contribution in [0.2, 0.25) is 0 Å². The van der Waals surface area contributed by atoms with Crippen molar-refractivity contribution in [1.29, 1.82) is 0 Å². The Morgan fingerprint density at radius 2 is 1.91 bits per heavy atom. The van der Waals surface area contributed by atoms with E-state index in [2.05, 4.69) is 15.3 Å². The second kappa shape index (κ2) is 6.53. The molecule has 22 heavy (non-hydrogen) atoms. The fraction of sp³-hybridized carbons (Fsp3) is 0.312. The molecule has 1 amide bonds. The van der Waals surface area contributed by atoms with E-state index in [1.165, 1.54) is 0 Å². The quantitative estimate of drug-likeness (QED) is 0.789. The molecule has 0 radical (unpaired) electrons. The van der Waals surface area contributed by atoms with Gasteiger partial charge in [0.2, 0.25) is 0 Å². The van der Waals surface area contributed by atoms with Crippen LogP contribution in [-0.2, 0) is 0 Å². The molecule has 0 saturated heterocycles. The lowest BCUT2D eigenvalue weighted by Gasteiger charge is -2.12. The number of aliphatic hydroxyl groups is 1. The maximum Gasteiger partial charge on any atom is 0.279 e. The van der Waals surface area contributed by atoms with Gasteiger partial charge in [-0.25, -0.2) is 4.98 Å². The molecule has 1 atom stereocenters. The summed E-state index contributed by atoms with van der Waals surface area (Å²) in [4.78, 5) is 30.3. The summed E-state index contributed by atoms with van der Waals surface area (Å²) in [6.45, 7) is 5.39. The molecule has 0 fully saturated rings. The van der Waals surface area contributed by atoms with Crippen LogP contribution in [0.15, 0.2) is 29.1 Å². The fourth-order valence-electron chi connectivity index (χ4n) is 1.96. The number of carbonyl (C=O) groups is 1. The number of nitrogens with zero attached hydrogens (tertiary/aromatic N) is 1. The Morgan fingerprint density at radius 1 is 1.27 bits per heavy atom. The normalized spacial score (nSPS) is 12.0. The Balaban J connectivity index is 2.05. The number of aliphatic hydroxyl groups excluding tert-OH is 1. The highest BCUT2D eigenvalue weighted by atomic mass is 16.3. The molecular weight excluding hydrogens is 282 g/mol. The third-order valence-electron chi connectivity index (χ3n) is 3.47. The average molecular weight is 301 g/mol. The number of carbonyl (C=O) groups excluding carboxylic acids is 1. The number of rotatable bonds is 4. The average Bonchev–Trinajstić information content (AvgIpc) is 2.49. The van der Waals surface area contributed by atoms with Gasteiger partial charge in [0.05, 0.1) is 11.8 Å². The molecule has 1 aromatic carbocycles. The summed E-state index contributed by atoms with van der Waals surface area (Å²) in [6.07, 6.45) is -0.838. The summed E-state index contributed by atoms with van der Waals surface area (Å²) in [5.74, 6) is -0.601. The monoisotopic (exact) mass is 301 g/mol. The number of amides is 1. The number of nitrogens with one attached hydrogen (secondary N) is 2. The highest BCUT2D eigenvalue weighted by molar-refractivity contribution is 5.91. The zero-order valence-electron chi connectivity index (χ0n) is 12.8. The van der Waals surface area contributed by atoms with Gasteiger partial charge in [-0.15, -0.1) is 0 Å². The Hall–Kier alpha value is -2.47. The van der Waals surface area contributed by atoms with Gasteiger partial charge >= 0.3 is 0 Å². The van der Waals surface area contributed by atoms with E-state index in [9.17, 15) is 14.7 Å². The van der Waals surface area contributed by atoms with Gasteiger partial charge in [0.1, 0.15) is 0 Å². The summed E-state index contributed by atoms with van der Waals surface area (Å²) < 4.78 is 0. The predicted molar refractivity (Wildman–Crippen MR) is 82.8 cm³/mol. The molecule has 1 unspecified atom stereocenters. The van der Waals surface area contributed by atoms with Crippen LogP contribution in [-0.4, -0.2) is 27.5 Å². The minimum Gasteiger partial charge on any atom is -0.387 e. The number of hydrogen-bond donors (Lipinski definition) is 3. The minimum atomic E-state index is -0.838. The van der Waals surface area contributed by atoms with E-state index in [-0.39, 0.29) is 12.2 Å². The molecule has 3 N–H and O–H groups in total. The van der Waals surface area contributed by atoms with E-state index >= 15 is 0 Å². The molecule has 1 aromatic heterocycles. The zero-order chi connectivity index (χ0) is 16.3. The number of aromatic nitrogens is 2. The first-order valence-electron chi connectivity index (χ1n) is 6.99. The lowest BCUT2D eigenvalue weighted by Crippen LogP contribution is -2.34. The van der Waals surface area contributed by atoms with Crippen LogP contribution in [0.1, 0.15) is 39.1 Å². The van der Waals surface area contributed by atoms with Gasteiger partial charge in [-0.2, -0.15) is 0 Å². The minimum absolute atomic E-state index is 0.00986. The number of aromatic amines is 1. The first-order chi connectivity index (χ1) is 10.4. The molecule has 6 nitrogen and oxygen atoms in total. The Kier molecular flexibility index (Phi) is 4.72. The zero-order valence-corrected chi connectivity index (χ0v) is 12.8. The fourth-order valence-corrected chi connectivity index (χ4v) is 1.96. The van der Waals surface area contributed by atoms with Gasteiger partial charge in [0.25, 0.3) is 11.5 Å². The maximum absolute atomic E-state index is 12.0. The highest BCUT2D eigenvalue weighted by Gasteiger charge is 2.16. The Morgan fingerprint density at radius 3 is 2.55 bits per heavy atom. The van der Waals surface area contributed by atoms with Crippen molar-refractivity contribution < 1.29 is 9.90 Å². The maximum atomic E-state index is 12.0. The van der Waals surface area contributed by atoms with Crippen LogP contribution in [0.5, 0.6) is 0 Å². The van der Waals surface area contributed by atoms with Crippen LogP contribution in [0.25, 0.3) is 0 Å². The van der Waals surface area contributed by atoms with E-state index in [1.807, 2.05) is 19.1 Å². The van der Waals surface area contributed by atoms with E-state index in [1.54, 1.807) is 26.0 Å². The van der Waals surface area contributed by atoms with Crippen LogP contribution in [0, 0.1) is 20.8 Å². The molecule has 0 spiro atoms. The molecule has 0 aliphatic rings. The lowest BCUT2D eigenvalue weighted by molar-refractivity contribution is 0.0909. The van der Waals surface area contributed by atoms with Gasteiger partial charge in [-0.1, -0.05) is 29.8 Å². The van der Waals surface area contributed by atoms with Crippen molar-refractivity contribution in [3.8, 4) is 0 Å². The summed E-state index contributed by atoms with van der Waals surface area (Å²) in [7, 11) is 0. The molecule has 2 rings (SSSR count). The standard InChI is InChI=1S/C16H19N3O3/c1-9-4-6-12(7-5-9)13(20)8-17-15(21)14-16(22)19-11(3)10(2)18-14/h4-7,13,20H,8H2,1-3H3,(H,17,21)(H,19,22). The van der Waals surface area contributed by atoms with E-state index in [0.29, 0.717) is 17.0 Å². The van der Waals surface area contributed by atoms with Crippen molar-refractivity contribution >= 4 is 5.91 Å². The Labute approximate surface area is 128 Å². The van der Waals surface area contributed by atoms with Crippen LogP contribution in [0.3, 0.4) is 0 Å². The molecule has 0 aliphatic carbocycles. The van der Waals surface area contributed by atoms with Crippen LogP contribution < -0.4 is 10.9 Å². The van der Waals surface area contributed by atoms with Crippen molar-refractivity contribution in [1.82, 2.24) is 15.3 Å². The number of hydrogen-bond acceptors (Lipinski definition) is 4. The molecule has 6 heteroatoms. The summed E-state index contributed by atoms with van der Waals surface area (Å²) in [5, 5.41) is 12.6. The van der Waals surface area contributed by atoms with Gasteiger partial charge in [-0.3, -0.25) is 9.59 Å². The van der Waals surface area contributed by atoms with Crippen molar-refractivity contribution in [2.24, 2.45) is 0 Å². The molecule has 2 aromatic rings. The van der Waals surface area contributed by atoms with E-state index in [4.69, 9.17) is 0 Å². The summed E-state index contributed by atoms with van der Waals surface area (Å²) in [5.41, 5.74) is 2.27. The molecule has 0 saturated carbocycles. The van der Waals surface area contributed by atoms with Gasteiger partial charge in [0, 0.05) is 12.2 Å². The topological polar surface area (TPSA) is 95.1 Å². The molecule has 0 aliphatic heterocycles. The third-order valence-corrected chi connectivity index (χ3v) is 3.47.